The number of ketones is 1. The molecule has 0 spiro atoms. The molecule has 1 saturated carbocycles. The van der Waals surface area contributed by atoms with Crippen LogP contribution >= 0.6 is 0 Å². The SMILES string of the molecule is CC(C)(C)OC(=O)N1CC2CCCC(C1)C2=O. The number of Topliss-reactive ketones (excluding diaryl/α,β-unsaturated/α-hetero) is 1. The van der Waals surface area contributed by atoms with Crippen LogP contribution < -0.4 is 0 Å². The van der Waals surface area contributed by atoms with E-state index in [4.69, 9.17) is 4.74 Å². The first-order chi connectivity index (χ1) is 7.87. The third kappa shape index (κ3) is 2.79. The summed E-state index contributed by atoms with van der Waals surface area (Å²) in [5.74, 6) is 0.459. The molecule has 4 nitrogen and oxygen atoms in total. The van der Waals surface area contributed by atoms with Crippen LogP contribution in [-0.2, 0) is 9.53 Å². The Morgan fingerprint density at radius 1 is 1.24 bits per heavy atom. The highest BCUT2D eigenvalue weighted by atomic mass is 16.6. The Kier molecular flexibility index (Phi) is 3.15. The van der Waals surface area contributed by atoms with Crippen LogP contribution in [0.3, 0.4) is 0 Å². The van der Waals surface area contributed by atoms with Crippen LogP contribution in [0.2, 0.25) is 0 Å². The lowest BCUT2D eigenvalue weighted by molar-refractivity contribution is -0.133. The molecule has 1 heterocycles. The molecular formula is C13H21NO3. The lowest BCUT2D eigenvalue weighted by atomic mass is 9.77. The number of amides is 1. The summed E-state index contributed by atoms with van der Waals surface area (Å²) >= 11 is 0. The van der Waals surface area contributed by atoms with E-state index in [1.54, 1.807) is 4.90 Å². The second kappa shape index (κ2) is 4.31. The number of likely N-dealkylation sites (tertiary alicyclic amines) is 1. The van der Waals surface area contributed by atoms with Crippen molar-refractivity contribution in [1.82, 2.24) is 4.90 Å². The van der Waals surface area contributed by atoms with Crippen molar-refractivity contribution in [3.63, 3.8) is 0 Å². The highest BCUT2D eigenvalue weighted by Crippen LogP contribution is 2.32. The van der Waals surface area contributed by atoms with Crippen molar-refractivity contribution in [3.8, 4) is 0 Å². The molecule has 4 heteroatoms. The van der Waals surface area contributed by atoms with Gasteiger partial charge in [-0.2, -0.15) is 0 Å². The molecule has 17 heavy (non-hydrogen) atoms. The molecule has 2 bridgehead atoms. The zero-order valence-corrected chi connectivity index (χ0v) is 10.9. The lowest BCUT2D eigenvalue weighted by Crippen LogP contribution is -2.52. The van der Waals surface area contributed by atoms with Crippen LogP contribution in [0, 0.1) is 11.8 Å². The first-order valence-corrected chi connectivity index (χ1v) is 6.38. The normalized spacial score (nSPS) is 29.1. The Labute approximate surface area is 102 Å². The predicted molar refractivity (Wildman–Crippen MR) is 63.6 cm³/mol. The summed E-state index contributed by atoms with van der Waals surface area (Å²) < 4.78 is 5.35. The van der Waals surface area contributed by atoms with Crippen LogP contribution in [0.5, 0.6) is 0 Å². The van der Waals surface area contributed by atoms with Gasteiger partial charge in [0, 0.05) is 24.9 Å². The first kappa shape index (κ1) is 12.4. The molecule has 2 aliphatic rings. The maximum absolute atomic E-state index is 11.9. The molecule has 1 aliphatic heterocycles. The van der Waals surface area contributed by atoms with Crippen LogP contribution in [-0.4, -0.2) is 35.5 Å². The van der Waals surface area contributed by atoms with Crippen molar-refractivity contribution in [2.24, 2.45) is 11.8 Å². The van der Waals surface area contributed by atoms with Gasteiger partial charge in [0.1, 0.15) is 11.4 Å². The zero-order valence-electron chi connectivity index (χ0n) is 10.9. The largest absolute Gasteiger partial charge is 0.444 e. The van der Waals surface area contributed by atoms with Gasteiger partial charge < -0.3 is 9.64 Å². The minimum absolute atomic E-state index is 0.0509. The van der Waals surface area contributed by atoms with Crippen molar-refractivity contribution >= 4 is 11.9 Å². The lowest BCUT2D eigenvalue weighted by Gasteiger charge is -2.40. The number of ether oxygens (including phenoxy) is 1. The van der Waals surface area contributed by atoms with Crippen molar-refractivity contribution in [2.45, 2.75) is 45.6 Å². The fourth-order valence-corrected chi connectivity index (χ4v) is 2.67. The highest BCUT2D eigenvalue weighted by molar-refractivity contribution is 5.86. The number of hydrogen-bond donors (Lipinski definition) is 0. The van der Waals surface area contributed by atoms with Gasteiger partial charge in [0.2, 0.25) is 0 Å². The number of fused-ring (bicyclic) bond motifs is 2. The Bertz CT molecular complexity index is 316. The summed E-state index contributed by atoms with van der Waals surface area (Å²) in [6, 6.07) is 0. The van der Waals surface area contributed by atoms with Crippen LogP contribution in [0.4, 0.5) is 4.79 Å². The first-order valence-electron chi connectivity index (χ1n) is 6.38. The second-order valence-corrected chi connectivity index (χ2v) is 6.11. The third-order valence-electron chi connectivity index (χ3n) is 3.44. The molecule has 1 saturated heterocycles. The molecule has 0 aromatic carbocycles. The van der Waals surface area contributed by atoms with Crippen molar-refractivity contribution < 1.29 is 14.3 Å². The summed E-state index contributed by atoms with van der Waals surface area (Å²) in [4.78, 5) is 25.5. The van der Waals surface area contributed by atoms with E-state index in [0.29, 0.717) is 18.9 Å². The van der Waals surface area contributed by atoms with Crippen molar-refractivity contribution in [1.29, 1.82) is 0 Å². The molecule has 96 valence electrons. The summed E-state index contributed by atoms with van der Waals surface area (Å²) in [5, 5.41) is 0. The Morgan fingerprint density at radius 2 is 1.76 bits per heavy atom. The number of carbonyl (C=O) groups is 2. The van der Waals surface area contributed by atoms with E-state index in [2.05, 4.69) is 0 Å². The van der Waals surface area contributed by atoms with Gasteiger partial charge in [-0.3, -0.25) is 4.79 Å². The van der Waals surface area contributed by atoms with E-state index in [-0.39, 0.29) is 17.9 Å². The van der Waals surface area contributed by atoms with E-state index in [9.17, 15) is 9.59 Å². The third-order valence-corrected chi connectivity index (χ3v) is 3.44. The molecule has 0 aromatic rings. The van der Waals surface area contributed by atoms with Gasteiger partial charge in [0.15, 0.2) is 0 Å². The maximum Gasteiger partial charge on any atom is 0.410 e. The van der Waals surface area contributed by atoms with Gasteiger partial charge in [0.25, 0.3) is 0 Å². The molecule has 1 amide bonds. The predicted octanol–water partition coefficient (Wildman–Crippen LogP) is 2.22. The minimum Gasteiger partial charge on any atom is -0.444 e. The van der Waals surface area contributed by atoms with Crippen molar-refractivity contribution in [2.75, 3.05) is 13.1 Å². The van der Waals surface area contributed by atoms with Gasteiger partial charge in [-0.05, 0) is 33.6 Å². The van der Waals surface area contributed by atoms with Gasteiger partial charge in [-0.15, -0.1) is 0 Å². The Hall–Kier alpha value is -1.06. The highest BCUT2D eigenvalue weighted by Gasteiger charge is 2.40. The fourth-order valence-electron chi connectivity index (χ4n) is 2.67. The Morgan fingerprint density at radius 3 is 2.24 bits per heavy atom. The van der Waals surface area contributed by atoms with Crippen LogP contribution in [0.25, 0.3) is 0 Å². The van der Waals surface area contributed by atoms with E-state index >= 15 is 0 Å². The summed E-state index contributed by atoms with van der Waals surface area (Å²) in [6.45, 7) is 6.68. The molecule has 2 unspecified atom stereocenters. The summed E-state index contributed by atoms with van der Waals surface area (Å²) in [5.41, 5.74) is -0.465. The van der Waals surface area contributed by atoms with E-state index < -0.39 is 5.60 Å². The minimum atomic E-state index is -0.465. The van der Waals surface area contributed by atoms with Gasteiger partial charge in [-0.25, -0.2) is 4.79 Å². The number of rotatable bonds is 0. The molecule has 2 atom stereocenters. The van der Waals surface area contributed by atoms with E-state index in [1.807, 2.05) is 20.8 Å². The molecule has 2 rings (SSSR count). The average molecular weight is 239 g/mol. The topological polar surface area (TPSA) is 46.6 Å². The molecule has 1 aliphatic carbocycles. The Balaban J connectivity index is 2.00. The standard InChI is InChI=1S/C13H21NO3/c1-13(2,3)17-12(16)14-7-9-5-4-6-10(8-14)11(9)15/h9-10H,4-8H2,1-3H3. The van der Waals surface area contributed by atoms with Crippen molar-refractivity contribution in [3.05, 3.63) is 0 Å². The van der Waals surface area contributed by atoms with Gasteiger partial charge in [0.05, 0.1) is 0 Å². The van der Waals surface area contributed by atoms with E-state index in [0.717, 1.165) is 19.3 Å². The smallest absolute Gasteiger partial charge is 0.410 e. The monoisotopic (exact) mass is 239 g/mol. The number of piperidine rings is 1. The summed E-state index contributed by atoms with van der Waals surface area (Å²) in [6.07, 6.45) is 2.69. The fraction of sp³-hybridized carbons (Fsp3) is 0.846. The average Bonchev–Trinajstić information content (AvgIpc) is 2.13. The maximum atomic E-state index is 11.9. The molecule has 0 radical (unpaired) electrons. The molecule has 0 aromatic heterocycles. The van der Waals surface area contributed by atoms with Crippen LogP contribution in [0.15, 0.2) is 0 Å². The van der Waals surface area contributed by atoms with E-state index in [1.165, 1.54) is 0 Å². The number of nitrogens with zero attached hydrogens (tertiary/aromatic N) is 1. The zero-order chi connectivity index (χ0) is 12.6. The van der Waals surface area contributed by atoms with Gasteiger partial charge >= 0.3 is 6.09 Å². The molecule has 0 N–H and O–H groups in total. The number of hydrogen-bond acceptors (Lipinski definition) is 3. The summed E-state index contributed by atoms with van der Waals surface area (Å²) in [7, 11) is 0. The quantitative estimate of drug-likeness (QED) is 0.651. The molecule has 2 fully saturated rings. The number of carbonyl (C=O) groups excluding carboxylic acids is 2. The van der Waals surface area contributed by atoms with Gasteiger partial charge in [-0.1, -0.05) is 6.42 Å². The molecular weight excluding hydrogens is 218 g/mol. The van der Waals surface area contributed by atoms with Crippen LogP contribution in [0.1, 0.15) is 40.0 Å². The second-order valence-electron chi connectivity index (χ2n) is 6.11.